The summed E-state index contributed by atoms with van der Waals surface area (Å²) in [6.45, 7) is 0. The molecule has 0 radical (unpaired) electrons. The van der Waals surface area contributed by atoms with Crippen LogP contribution in [0.2, 0.25) is 0 Å². The molecule has 1 heterocycles. The highest BCUT2D eigenvalue weighted by Gasteiger charge is 2.35. The third-order valence-corrected chi connectivity index (χ3v) is 1.89. The number of nitrogens with zero attached hydrogens (tertiary/aromatic N) is 1. The second kappa shape index (κ2) is 4.59. The van der Waals surface area contributed by atoms with E-state index in [4.69, 9.17) is 4.84 Å². The fourth-order valence-electron chi connectivity index (χ4n) is 1.10. The number of hydrogen-bond donors (Lipinski definition) is 0. The Morgan fingerprint density at radius 2 is 2.14 bits per heavy atom. The summed E-state index contributed by atoms with van der Waals surface area (Å²) in [5.41, 5.74) is 0. The summed E-state index contributed by atoms with van der Waals surface area (Å²) < 4.78 is 8.96. The topological polar surface area (TPSA) is 74.2 Å². The zero-order valence-electron chi connectivity index (χ0n) is 7.93. The molecule has 2 atom stereocenters. The average Bonchev–Trinajstić information content (AvgIpc) is 2.64. The summed E-state index contributed by atoms with van der Waals surface area (Å²) in [7, 11) is 2.54. The second-order valence-corrected chi connectivity index (χ2v) is 2.73. The molecule has 6 heteroatoms. The third kappa shape index (κ3) is 2.21. The number of oxime groups is 1. The van der Waals surface area contributed by atoms with E-state index < -0.39 is 24.0 Å². The van der Waals surface area contributed by atoms with Crippen molar-refractivity contribution in [3.8, 4) is 0 Å². The van der Waals surface area contributed by atoms with Gasteiger partial charge in [-0.1, -0.05) is 5.16 Å². The number of esters is 2. The molecule has 0 aromatic rings. The summed E-state index contributed by atoms with van der Waals surface area (Å²) in [5.74, 6) is -1.55. The standard InChI is InChI=1S/C8H11NO5/c1-12-7(10)3-6-5(4-9-14-6)8(11)13-2/h4-6H,3H2,1-2H3/t5-,6+/m0/s1. The zero-order valence-corrected chi connectivity index (χ0v) is 7.93. The van der Waals surface area contributed by atoms with E-state index in [1.807, 2.05) is 0 Å². The van der Waals surface area contributed by atoms with Gasteiger partial charge < -0.3 is 14.3 Å². The molecule has 0 aliphatic carbocycles. The molecule has 0 amide bonds. The predicted octanol–water partition coefficient (Wildman–Crippen LogP) is -0.277. The van der Waals surface area contributed by atoms with Crippen molar-refractivity contribution in [1.82, 2.24) is 0 Å². The predicted molar refractivity (Wildman–Crippen MR) is 45.5 cm³/mol. The minimum Gasteiger partial charge on any atom is -0.469 e. The first-order chi connectivity index (χ1) is 6.69. The minimum absolute atomic E-state index is 0.0176. The third-order valence-electron chi connectivity index (χ3n) is 1.89. The Labute approximate surface area is 80.8 Å². The first kappa shape index (κ1) is 10.5. The Morgan fingerprint density at radius 1 is 1.43 bits per heavy atom. The first-order valence-electron chi connectivity index (χ1n) is 4.03. The van der Waals surface area contributed by atoms with Gasteiger partial charge in [-0.05, 0) is 0 Å². The summed E-state index contributed by atoms with van der Waals surface area (Å²) in [5, 5.41) is 3.47. The number of hydrogen-bond acceptors (Lipinski definition) is 6. The van der Waals surface area contributed by atoms with Gasteiger partial charge in [0, 0.05) is 0 Å². The van der Waals surface area contributed by atoms with Crippen molar-refractivity contribution in [2.24, 2.45) is 11.1 Å². The quantitative estimate of drug-likeness (QED) is 0.587. The lowest BCUT2D eigenvalue weighted by Crippen LogP contribution is -2.30. The van der Waals surface area contributed by atoms with Crippen molar-refractivity contribution in [3.05, 3.63) is 0 Å². The Kier molecular flexibility index (Phi) is 3.44. The van der Waals surface area contributed by atoms with E-state index in [9.17, 15) is 9.59 Å². The molecule has 14 heavy (non-hydrogen) atoms. The number of methoxy groups -OCH3 is 2. The second-order valence-electron chi connectivity index (χ2n) is 2.73. The van der Waals surface area contributed by atoms with Crippen LogP contribution in [0.5, 0.6) is 0 Å². The van der Waals surface area contributed by atoms with E-state index in [0.717, 1.165) is 0 Å². The van der Waals surface area contributed by atoms with Gasteiger partial charge in [-0.15, -0.1) is 0 Å². The lowest BCUT2D eigenvalue weighted by atomic mass is 10.0. The molecule has 1 rings (SSSR count). The van der Waals surface area contributed by atoms with Gasteiger partial charge in [0.2, 0.25) is 0 Å². The number of carbonyl (C=O) groups excluding carboxylic acids is 2. The average molecular weight is 201 g/mol. The highest BCUT2D eigenvalue weighted by molar-refractivity contribution is 5.91. The van der Waals surface area contributed by atoms with E-state index in [2.05, 4.69) is 14.6 Å². The van der Waals surface area contributed by atoms with Gasteiger partial charge in [-0.2, -0.15) is 0 Å². The molecule has 0 aromatic heterocycles. The van der Waals surface area contributed by atoms with Crippen LogP contribution in [0.25, 0.3) is 0 Å². The van der Waals surface area contributed by atoms with Crippen LogP contribution in [-0.4, -0.2) is 38.5 Å². The van der Waals surface area contributed by atoms with Crippen molar-refractivity contribution in [1.29, 1.82) is 0 Å². The maximum Gasteiger partial charge on any atom is 0.318 e. The van der Waals surface area contributed by atoms with Gasteiger partial charge in [0.05, 0.1) is 26.9 Å². The van der Waals surface area contributed by atoms with Gasteiger partial charge in [0.25, 0.3) is 0 Å². The van der Waals surface area contributed by atoms with Gasteiger partial charge in [-0.3, -0.25) is 9.59 Å². The van der Waals surface area contributed by atoms with E-state index in [-0.39, 0.29) is 6.42 Å². The largest absolute Gasteiger partial charge is 0.469 e. The van der Waals surface area contributed by atoms with E-state index in [1.54, 1.807) is 0 Å². The Morgan fingerprint density at radius 3 is 2.71 bits per heavy atom. The lowest BCUT2D eigenvalue weighted by molar-refractivity contribution is -0.149. The summed E-state index contributed by atoms with van der Waals surface area (Å²) in [6.07, 6.45) is 0.685. The van der Waals surface area contributed by atoms with Crippen molar-refractivity contribution < 1.29 is 23.9 Å². The Balaban J connectivity index is 2.54. The number of carbonyl (C=O) groups is 2. The molecule has 1 aliphatic heterocycles. The fraction of sp³-hybridized carbons (Fsp3) is 0.625. The summed E-state index contributed by atoms with van der Waals surface area (Å²) in [4.78, 5) is 26.9. The van der Waals surface area contributed by atoms with Crippen LogP contribution in [0.1, 0.15) is 6.42 Å². The molecule has 0 N–H and O–H groups in total. The molecule has 78 valence electrons. The van der Waals surface area contributed by atoms with Gasteiger partial charge in [0.15, 0.2) is 6.10 Å². The Hall–Kier alpha value is -1.59. The van der Waals surface area contributed by atoms with Gasteiger partial charge in [0.1, 0.15) is 5.92 Å². The normalized spacial score (nSPS) is 24.1. The van der Waals surface area contributed by atoms with Crippen molar-refractivity contribution >= 4 is 18.2 Å². The summed E-state index contributed by atoms with van der Waals surface area (Å²) in [6, 6.07) is 0. The molecule has 0 unspecified atom stereocenters. The molecule has 0 saturated carbocycles. The SMILES string of the molecule is COC(=O)C[C@H]1ON=C[C@@H]1C(=O)OC. The molecule has 1 aliphatic rings. The van der Waals surface area contributed by atoms with Crippen molar-refractivity contribution in [3.63, 3.8) is 0 Å². The van der Waals surface area contributed by atoms with E-state index in [1.165, 1.54) is 20.4 Å². The van der Waals surface area contributed by atoms with Gasteiger partial charge >= 0.3 is 11.9 Å². The lowest BCUT2D eigenvalue weighted by Gasteiger charge is -2.12. The number of rotatable bonds is 3. The maximum atomic E-state index is 11.1. The van der Waals surface area contributed by atoms with Crippen LogP contribution in [-0.2, 0) is 23.9 Å². The maximum absolute atomic E-state index is 11.1. The van der Waals surface area contributed by atoms with E-state index in [0.29, 0.717) is 0 Å². The highest BCUT2D eigenvalue weighted by atomic mass is 16.6. The van der Waals surface area contributed by atoms with Gasteiger partial charge in [-0.25, -0.2) is 0 Å². The highest BCUT2D eigenvalue weighted by Crippen LogP contribution is 2.18. The monoisotopic (exact) mass is 201 g/mol. The van der Waals surface area contributed by atoms with E-state index >= 15 is 0 Å². The Bertz CT molecular complexity index is 262. The molecular weight excluding hydrogens is 190 g/mol. The van der Waals surface area contributed by atoms with Crippen LogP contribution in [0.3, 0.4) is 0 Å². The van der Waals surface area contributed by atoms with Crippen LogP contribution in [0, 0.1) is 5.92 Å². The minimum atomic E-state index is -0.626. The molecule has 0 fully saturated rings. The number of ether oxygens (including phenoxy) is 2. The van der Waals surface area contributed by atoms with Crippen LogP contribution in [0.4, 0.5) is 0 Å². The molecule has 0 saturated heterocycles. The van der Waals surface area contributed by atoms with Crippen LogP contribution in [0.15, 0.2) is 5.16 Å². The van der Waals surface area contributed by atoms with Crippen molar-refractivity contribution in [2.45, 2.75) is 12.5 Å². The summed E-state index contributed by atoms with van der Waals surface area (Å²) >= 11 is 0. The smallest absolute Gasteiger partial charge is 0.318 e. The molecular formula is C8H11NO5. The van der Waals surface area contributed by atoms with Crippen molar-refractivity contribution in [2.75, 3.05) is 14.2 Å². The fourth-order valence-corrected chi connectivity index (χ4v) is 1.10. The first-order valence-corrected chi connectivity index (χ1v) is 4.03. The zero-order chi connectivity index (χ0) is 10.6. The molecule has 6 nitrogen and oxygen atoms in total. The molecule has 0 aromatic carbocycles. The van der Waals surface area contributed by atoms with Crippen LogP contribution < -0.4 is 0 Å². The molecule has 0 bridgehead atoms. The van der Waals surface area contributed by atoms with Crippen LogP contribution >= 0.6 is 0 Å². The molecule has 0 spiro atoms.